The number of rotatable bonds is 3. The molecule has 0 aliphatic carbocycles. The van der Waals surface area contributed by atoms with Crippen LogP contribution < -0.4 is 9.80 Å². The van der Waals surface area contributed by atoms with Crippen molar-refractivity contribution in [3.63, 3.8) is 0 Å². The molecule has 0 bridgehead atoms. The lowest BCUT2D eigenvalue weighted by molar-refractivity contribution is 0.132. The summed E-state index contributed by atoms with van der Waals surface area (Å²) in [6, 6.07) is 8.26. The largest absolute Gasteiger partial charge is 0.375 e. The Morgan fingerprint density at radius 1 is 1.30 bits per heavy atom. The van der Waals surface area contributed by atoms with Gasteiger partial charge in [-0.3, -0.25) is 0 Å². The highest BCUT2D eigenvalue weighted by atomic mass is 16.5. The van der Waals surface area contributed by atoms with Gasteiger partial charge in [0.2, 0.25) is 5.89 Å². The molecule has 1 aromatic heterocycles. The molecule has 106 valence electrons. The standard InChI is InChI=1S/C14H18N4O2/c1-17(2)14-15-13(20-16-14)9-18-7-8-19-10-11-5-3-4-6-12(11)18/h3-6H,7-10H2,1-2H3. The molecule has 1 aliphatic heterocycles. The van der Waals surface area contributed by atoms with Gasteiger partial charge in [0.15, 0.2) is 0 Å². The molecule has 3 rings (SSSR count). The maximum absolute atomic E-state index is 5.62. The molecule has 0 spiro atoms. The molecule has 0 saturated heterocycles. The summed E-state index contributed by atoms with van der Waals surface area (Å²) in [5, 5.41) is 3.94. The minimum Gasteiger partial charge on any atom is -0.375 e. The Labute approximate surface area is 117 Å². The van der Waals surface area contributed by atoms with Crippen molar-refractivity contribution in [2.45, 2.75) is 13.2 Å². The summed E-state index contributed by atoms with van der Waals surface area (Å²) in [6.07, 6.45) is 0. The molecule has 0 saturated carbocycles. The Bertz CT molecular complexity index is 582. The van der Waals surface area contributed by atoms with Crippen molar-refractivity contribution in [2.24, 2.45) is 0 Å². The fourth-order valence-electron chi connectivity index (χ4n) is 2.24. The molecule has 0 amide bonds. The molecule has 6 heteroatoms. The number of benzene rings is 1. The first-order valence-corrected chi connectivity index (χ1v) is 6.64. The van der Waals surface area contributed by atoms with E-state index in [4.69, 9.17) is 9.26 Å². The third-order valence-corrected chi connectivity index (χ3v) is 3.28. The van der Waals surface area contributed by atoms with Gasteiger partial charge < -0.3 is 19.1 Å². The first-order valence-electron chi connectivity index (χ1n) is 6.64. The number of aromatic nitrogens is 2. The van der Waals surface area contributed by atoms with Crippen LogP contribution >= 0.6 is 0 Å². The molecule has 1 aliphatic rings. The third kappa shape index (κ3) is 2.60. The topological polar surface area (TPSA) is 54.6 Å². The van der Waals surface area contributed by atoms with E-state index in [2.05, 4.69) is 27.2 Å². The van der Waals surface area contributed by atoms with Gasteiger partial charge in [0, 0.05) is 31.9 Å². The summed E-state index contributed by atoms with van der Waals surface area (Å²) in [5.74, 6) is 1.21. The van der Waals surface area contributed by atoms with Gasteiger partial charge in [-0.05, 0) is 11.2 Å². The van der Waals surface area contributed by atoms with Gasteiger partial charge in [-0.2, -0.15) is 4.98 Å². The van der Waals surface area contributed by atoms with Crippen LogP contribution in [0.4, 0.5) is 11.6 Å². The Hall–Kier alpha value is -2.08. The van der Waals surface area contributed by atoms with Crippen molar-refractivity contribution in [2.75, 3.05) is 37.0 Å². The summed E-state index contributed by atoms with van der Waals surface area (Å²) in [7, 11) is 3.79. The van der Waals surface area contributed by atoms with E-state index in [-0.39, 0.29) is 0 Å². The second-order valence-corrected chi connectivity index (χ2v) is 4.99. The summed E-state index contributed by atoms with van der Waals surface area (Å²) in [5.41, 5.74) is 2.37. The molecular formula is C14H18N4O2. The van der Waals surface area contributed by atoms with Crippen LogP contribution in [0.2, 0.25) is 0 Å². The lowest BCUT2D eigenvalue weighted by atomic mass is 10.1. The van der Waals surface area contributed by atoms with E-state index >= 15 is 0 Å². The molecule has 0 atom stereocenters. The molecule has 1 aromatic carbocycles. The van der Waals surface area contributed by atoms with Crippen molar-refractivity contribution in [1.82, 2.24) is 10.1 Å². The van der Waals surface area contributed by atoms with E-state index < -0.39 is 0 Å². The second-order valence-electron chi connectivity index (χ2n) is 4.99. The van der Waals surface area contributed by atoms with Gasteiger partial charge in [-0.25, -0.2) is 0 Å². The number of fused-ring (bicyclic) bond motifs is 1. The zero-order chi connectivity index (χ0) is 13.9. The minimum atomic E-state index is 0.597. The van der Waals surface area contributed by atoms with Crippen molar-refractivity contribution in [1.29, 1.82) is 0 Å². The molecule has 0 N–H and O–H groups in total. The number of hydrogen-bond acceptors (Lipinski definition) is 6. The smallest absolute Gasteiger partial charge is 0.265 e. The lowest BCUT2D eigenvalue weighted by Crippen LogP contribution is -2.25. The summed E-state index contributed by atoms with van der Waals surface area (Å²) in [6.45, 7) is 2.76. The monoisotopic (exact) mass is 274 g/mol. The highest BCUT2D eigenvalue weighted by molar-refractivity contribution is 5.53. The number of nitrogens with zero attached hydrogens (tertiary/aromatic N) is 4. The van der Waals surface area contributed by atoms with Gasteiger partial charge in [0.25, 0.3) is 5.95 Å². The molecule has 0 fully saturated rings. The highest BCUT2D eigenvalue weighted by Gasteiger charge is 2.18. The van der Waals surface area contributed by atoms with Crippen LogP contribution in [0.15, 0.2) is 28.8 Å². The van der Waals surface area contributed by atoms with Crippen LogP contribution in [-0.2, 0) is 17.9 Å². The van der Waals surface area contributed by atoms with Crippen molar-refractivity contribution < 1.29 is 9.26 Å². The summed E-state index contributed by atoms with van der Waals surface area (Å²) in [4.78, 5) is 8.42. The fourth-order valence-corrected chi connectivity index (χ4v) is 2.24. The Balaban J connectivity index is 1.82. The third-order valence-electron chi connectivity index (χ3n) is 3.28. The number of para-hydroxylation sites is 1. The molecule has 20 heavy (non-hydrogen) atoms. The van der Waals surface area contributed by atoms with Crippen molar-refractivity contribution >= 4 is 11.6 Å². The Morgan fingerprint density at radius 3 is 2.95 bits per heavy atom. The van der Waals surface area contributed by atoms with Crippen LogP contribution in [-0.4, -0.2) is 37.4 Å². The van der Waals surface area contributed by atoms with Crippen LogP contribution in [0.3, 0.4) is 0 Å². The van der Waals surface area contributed by atoms with E-state index in [0.29, 0.717) is 31.6 Å². The van der Waals surface area contributed by atoms with Gasteiger partial charge >= 0.3 is 0 Å². The fraction of sp³-hybridized carbons (Fsp3) is 0.429. The maximum atomic E-state index is 5.62. The van der Waals surface area contributed by atoms with Gasteiger partial charge in [0.1, 0.15) is 0 Å². The minimum absolute atomic E-state index is 0.597. The second kappa shape index (κ2) is 5.50. The van der Waals surface area contributed by atoms with Crippen molar-refractivity contribution in [3.05, 3.63) is 35.7 Å². The quantitative estimate of drug-likeness (QED) is 0.848. The normalized spacial score (nSPS) is 14.8. The number of ether oxygens (including phenoxy) is 1. The highest BCUT2D eigenvalue weighted by Crippen LogP contribution is 2.25. The molecule has 0 unspecified atom stereocenters. The van der Waals surface area contributed by atoms with Crippen LogP contribution in [0.25, 0.3) is 0 Å². The zero-order valence-corrected chi connectivity index (χ0v) is 11.7. The molecule has 2 heterocycles. The van der Waals surface area contributed by atoms with E-state index in [1.54, 1.807) is 0 Å². The van der Waals surface area contributed by atoms with E-state index in [0.717, 1.165) is 6.54 Å². The first kappa shape index (κ1) is 12.9. The van der Waals surface area contributed by atoms with Crippen LogP contribution in [0, 0.1) is 0 Å². The van der Waals surface area contributed by atoms with Crippen LogP contribution in [0.1, 0.15) is 11.5 Å². The van der Waals surface area contributed by atoms with E-state index in [1.807, 2.05) is 31.1 Å². The molecular weight excluding hydrogens is 256 g/mol. The SMILES string of the molecule is CN(C)c1noc(CN2CCOCc3ccccc32)n1. The summed E-state index contributed by atoms with van der Waals surface area (Å²) < 4.78 is 10.9. The predicted molar refractivity (Wildman–Crippen MR) is 75.8 cm³/mol. The van der Waals surface area contributed by atoms with E-state index in [9.17, 15) is 0 Å². The van der Waals surface area contributed by atoms with Gasteiger partial charge in [-0.1, -0.05) is 18.2 Å². The van der Waals surface area contributed by atoms with Crippen LogP contribution in [0.5, 0.6) is 0 Å². The predicted octanol–water partition coefficient (Wildman–Crippen LogP) is 1.67. The Morgan fingerprint density at radius 2 is 2.15 bits per heavy atom. The van der Waals surface area contributed by atoms with E-state index in [1.165, 1.54) is 11.3 Å². The zero-order valence-electron chi connectivity index (χ0n) is 11.7. The van der Waals surface area contributed by atoms with Crippen molar-refractivity contribution in [3.8, 4) is 0 Å². The molecule has 2 aromatic rings. The van der Waals surface area contributed by atoms with Gasteiger partial charge in [-0.15, -0.1) is 0 Å². The average molecular weight is 274 g/mol. The molecule has 6 nitrogen and oxygen atoms in total. The lowest BCUT2D eigenvalue weighted by Gasteiger charge is -2.22. The maximum Gasteiger partial charge on any atom is 0.265 e. The molecule has 0 radical (unpaired) electrons. The average Bonchev–Trinajstić information content (AvgIpc) is 2.82. The number of hydrogen-bond donors (Lipinski definition) is 0. The first-order chi connectivity index (χ1) is 9.74. The Kier molecular flexibility index (Phi) is 3.56. The number of anilines is 2. The van der Waals surface area contributed by atoms with Gasteiger partial charge in [0.05, 0.1) is 19.8 Å². The summed E-state index contributed by atoms with van der Waals surface area (Å²) >= 11 is 0.